The molecule has 0 bridgehead atoms. The lowest BCUT2D eigenvalue weighted by atomic mass is 9.80. The van der Waals surface area contributed by atoms with Crippen molar-refractivity contribution >= 4 is 11.5 Å². The van der Waals surface area contributed by atoms with Crippen LogP contribution in [0.3, 0.4) is 0 Å². The second kappa shape index (κ2) is 4.90. The molecule has 1 saturated heterocycles. The van der Waals surface area contributed by atoms with E-state index in [2.05, 4.69) is 39.5 Å². The molecule has 108 valence electrons. The Morgan fingerprint density at radius 3 is 2.90 bits per heavy atom. The Morgan fingerprint density at radius 2 is 2.15 bits per heavy atom. The number of nitrogens with zero attached hydrogens (tertiary/aromatic N) is 4. The molecule has 3 rings (SSSR count). The van der Waals surface area contributed by atoms with Crippen LogP contribution in [0.4, 0.5) is 5.82 Å². The molecule has 0 saturated carbocycles. The first-order valence-electron chi connectivity index (χ1n) is 6.93. The summed E-state index contributed by atoms with van der Waals surface area (Å²) in [7, 11) is 2.16. The number of nitrogens with one attached hydrogen (secondary N) is 2. The third-order valence-corrected chi connectivity index (χ3v) is 4.16. The van der Waals surface area contributed by atoms with Gasteiger partial charge in [-0.05, 0) is 50.5 Å². The van der Waals surface area contributed by atoms with E-state index in [1.54, 1.807) is 6.07 Å². The lowest BCUT2D eigenvalue weighted by Gasteiger charge is -2.38. The molecule has 0 amide bonds. The first-order chi connectivity index (χ1) is 9.56. The van der Waals surface area contributed by atoms with Crippen molar-refractivity contribution in [3.63, 3.8) is 0 Å². The number of rotatable bonds is 3. The van der Waals surface area contributed by atoms with Crippen LogP contribution >= 0.6 is 0 Å². The van der Waals surface area contributed by atoms with E-state index in [1.165, 1.54) is 17.4 Å². The van der Waals surface area contributed by atoms with Crippen molar-refractivity contribution in [3.05, 3.63) is 22.6 Å². The molecule has 0 unspecified atom stereocenters. The molecular formula is C13H20N6O. The first-order valence-corrected chi connectivity index (χ1v) is 6.93. The van der Waals surface area contributed by atoms with E-state index in [9.17, 15) is 4.79 Å². The summed E-state index contributed by atoms with van der Waals surface area (Å²) in [5.74, 6) is 0.709. The van der Waals surface area contributed by atoms with E-state index >= 15 is 0 Å². The Hall–Kier alpha value is -1.89. The molecule has 2 aromatic rings. The van der Waals surface area contributed by atoms with Gasteiger partial charge in [0.1, 0.15) is 5.82 Å². The molecule has 0 atom stereocenters. The minimum absolute atomic E-state index is 0.282. The van der Waals surface area contributed by atoms with Crippen LogP contribution in [-0.2, 0) is 0 Å². The zero-order valence-corrected chi connectivity index (χ0v) is 11.9. The van der Waals surface area contributed by atoms with E-state index < -0.39 is 0 Å². The Balaban J connectivity index is 1.70. The number of fused-ring (bicyclic) bond motifs is 1. The second-order valence-corrected chi connectivity index (χ2v) is 5.98. The topological polar surface area (TPSA) is 78.3 Å². The summed E-state index contributed by atoms with van der Waals surface area (Å²) in [6.07, 6.45) is 2.34. The molecule has 0 aliphatic carbocycles. The van der Waals surface area contributed by atoms with Crippen LogP contribution in [-0.4, -0.2) is 51.4 Å². The average molecular weight is 276 g/mol. The second-order valence-electron chi connectivity index (χ2n) is 5.98. The normalized spacial score (nSPS) is 19.3. The number of hydrogen-bond acceptors (Lipinski definition) is 5. The molecule has 0 spiro atoms. The van der Waals surface area contributed by atoms with Crippen molar-refractivity contribution in [3.8, 4) is 0 Å². The van der Waals surface area contributed by atoms with Crippen molar-refractivity contribution in [2.45, 2.75) is 19.8 Å². The van der Waals surface area contributed by atoms with Crippen molar-refractivity contribution in [1.29, 1.82) is 0 Å². The van der Waals surface area contributed by atoms with Gasteiger partial charge >= 0.3 is 5.69 Å². The van der Waals surface area contributed by atoms with Gasteiger partial charge in [-0.2, -0.15) is 9.61 Å². The summed E-state index contributed by atoms with van der Waals surface area (Å²) in [4.78, 5) is 13.8. The molecule has 7 heteroatoms. The van der Waals surface area contributed by atoms with Gasteiger partial charge in [0.25, 0.3) is 0 Å². The molecule has 2 aromatic heterocycles. The fourth-order valence-corrected chi connectivity index (χ4v) is 2.54. The van der Waals surface area contributed by atoms with E-state index in [4.69, 9.17) is 0 Å². The van der Waals surface area contributed by atoms with Crippen LogP contribution in [0.2, 0.25) is 0 Å². The van der Waals surface area contributed by atoms with E-state index in [0.717, 1.165) is 19.6 Å². The highest BCUT2D eigenvalue weighted by Gasteiger charge is 2.28. The van der Waals surface area contributed by atoms with Gasteiger partial charge in [-0.3, -0.25) is 0 Å². The van der Waals surface area contributed by atoms with E-state index in [0.29, 0.717) is 11.5 Å². The Bertz CT molecular complexity index is 652. The highest BCUT2D eigenvalue weighted by Crippen LogP contribution is 2.30. The summed E-state index contributed by atoms with van der Waals surface area (Å²) in [5, 5.41) is 13.8. The first kappa shape index (κ1) is 13.1. The average Bonchev–Trinajstić information content (AvgIpc) is 2.82. The Morgan fingerprint density at radius 1 is 1.40 bits per heavy atom. The van der Waals surface area contributed by atoms with Crippen LogP contribution in [0.1, 0.15) is 19.8 Å². The lowest BCUT2D eigenvalue weighted by molar-refractivity contribution is 0.150. The van der Waals surface area contributed by atoms with Crippen LogP contribution in [0, 0.1) is 5.41 Å². The van der Waals surface area contributed by atoms with E-state index in [1.807, 2.05) is 6.07 Å². The monoisotopic (exact) mass is 276 g/mol. The number of aromatic nitrogens is 4. The molecular weight excluding hydrogens is 256 g/mol. The van der Waals surface area contributed by atoms with Crippen LogP contribution < -0.4 is 11.0 Å². The fraction of sp³-hybridized carbons (Fsp3) is 0.615. The summed E-state index contributed by atoms with van der Waals surface area (Å²) in [6.45, 7) is 5.43. The summed E-state index contributed by atoms with van der Waals surface area (Å²) >= 11 is 0. The van der Waals surface area contributed by atoms with Gasteiger partial charge in [-0.25, -0.2) is 9.89 Å². The van der Waals surface area contributed by atoms with Gasteiger partial charge in [0, 0.05) is 6.54 Å². The maximum atomic E-state index is 11.5. The number of aromatic amines is 1. The van der Waals surface area contributed by atoms with Gasteiger partial charge in [-0.1, -0.05) is 6.92 Å². The van der Waals surface area contributed by atoms with Crippen LogP contribution in [0.15, 0.2) is 16.9 Å². The number of anilines is 1. The SMILES string of the molecule is CN1CCC(C)(CNc2ccc3n[nH]c(=O)n3n2)CC1. The highest BCUT2D eigenvalue weighted by molar-refractivity contribution is 5.43. The van der Waals surface area contributed by atoms with Gasteiger partial charge in [-0.15, -0.1) is 5.10 Å². The third-order valence-electron chi connectivity index (χ3n) is 4.16. The number of hydrogen-bond donors (Lipinski definition) is 2. The Labute approximate surface area is 117 Å². The predicted octanol–water partition coefficient (Wildman–Crippen LogP) is 0.561. The fourth-order valence-electron chi connectivity index (χ4n) is 2.54. The molecule has 0 aromatic carbocycles. The maximum absolute atomic E-state index is 11.5. The predicted molar refractivity (Wildman–Crippen MR) is 76.9 cm³/mol. The van der Waals surface area contributed by atoms with Gasteiger partial charge in [0.05, 0.1) is 0 Å². The van der Waals surface area contributed by atoms with Crippen molar-refractivity contribution in [2.75, 3.05) is 32.0 Å². The van der Waals surface area contributed by atoms with Crippen LogP contribution in [0.25, 0.3) is 5.65 Å². The highest BCUT2D eigenvalue weighted by atomic mass is 16.2. The molecule has 20 heavy (non-hydrogen) atoms. The molecule has 1 aliphatic rings. The molecule has 0 radical (unpaired) electrons. The summed E-state index contributed by atoms with van der Waals surface area (Å²) < 4.78 is 1.28. The molecule has 3 heterocycles. The van der Waals surface area contributed by atoms with Crippen molar-refractivity contribution in [1.82, 2.24) is 24.7 Å². The number of H-pyrrole nitrogens is 1. The minimum atomic E-state index is -0.311. The number of piperidine rings is 1. The largest absolute Gasteiger partial charge is 0.368 e. The van der Waals surface area contributed by atoms with Crippen LogP contribution in [0.5, 0.6) is 0 Å². The number of likely N-dealkylation sites (tertiary alicyclic amines) is 1. The zero-order valence-electron chi connectivity index (χ0n) is 11.9. The van der Waals surface area contributed by atoms with Crippen molar-refractivity contribution in [2.24, 2.45) is 5.41 Å². The quantitative estimate of drug-likeness (QED) is 0.856. The van der Waals surface area contributed by atoms with Gasteiger partial charge in [0.15, 0.2) is 5.65 Å². The Kier molecular flexibility index (Phi) is 3.21. The standard InChI is InChI=1S/C13H20N6O/c1-13(5-7-18(2)8-6-13)9-14-10-3-4-11-15-16-12(20)19(11)17-10/h3-4H,5-9H2,1-2H3,(H,14,17)(H,16,20). The van der Waals surface area contributed by atoms with Gasteiger partial charge in [0.2, 0.25) is 0 Å². The summed E-state index contributed by atoms with van der Waals surface area (Å²) in [6, 6.07) is 3.64. The summed E-state index contributed by atoms with van der Waals surface area (Å²) in [5.41, 5.74) is 0.505. The maximum Gasteiger partial charge on any atom is 0.364 e. The minimum Gasteiger partial charge on any atom is -0.368 e. The molecule has 2 N–H and O–H groups in total. The van der Waals surface area contributed by atoms with Gasteiger partial charge < -0.3 is 10.2 Å². The third kappa shape index (κ3) is 2.53. The molecule has 1 aliphatic heterocycles. The van der Waals surface area contributed by atoms with E-state index in [-0.39, 0.29) is 11.1 Å². The smallest absolute Gasteiger partial charge is 0.364 e. The molecule has 1 fully saturated rings. The zero-order chi connectivity index (χ0) is 14.2. The molecule has 7 nitrogen and oxygen atoms in total. The lowest BCUT2D eigenvalue weighted by Crippen LogP contribution is -2.40. The van der Waals surface area contributed by atoms with Crippen molar-refractivity contribution < 1.29 is 0 Å².